The van der Waals surface area contributed by atoms with Gasteiger partial charge < -0.3 is 16.0 Å². The van der Waals surface area contributed by atoms with E-state index in [4.69, 9.17) is 17.3 Å². The van der Waals surface area contributed by atoms with Crippen LogP contribution in [0.15, 0.2) is 42.5 Å². The van der Waals surface area contributed by atoms with Gasteiger partial charge in [-0.3, -0.25) is 4.79 Å². The van der Waals surface area contributed by atoms with Crippen molar-refractivity contribution in [2.24, 2.45) is 5.73 Å². The lowest BCUT2D eigenvalue weighted by Gasteiger charge is -2.12. The number of hydrogen-bond donors (Lipinski definition) is 2. The molecule has 0 bridgehead atoms. The summed E-state index contributed by atoms with van der Waals surface area (Å²) in [6.07, 6.45) is 0. The number of nitrogens with one attached hydrogen (secondary N) is 1. The molecular formula is C17H20ClN3O. The fourth-order valence-electron chi connectivity index (χ4n) is 2.22. The van der Waals surface area contributed by atoms with Crippen molar-refractivity contribution < 1.29 is 4.79 Å². The van der Waals surface area contributed by atoms with Crippen molar-refractivity contribution in [3.8, 4) is 0 Å². The zero-order valence-electron chi connectivity index (χ0n) is 12.8. The second kappa shape index (κ2) is 7.40. The van der Waals surface area contributed by atoms with Crippen LogP contribution in [0.3, 0.4) is 0 Å². The fraction of sp³-hybridized carbons (Fsp3) is 0.235. The van der Waals surface area contributed by atoms with E-state index in [9.17, 15) is 4.79 Å². The van der Waals surface area contributed by atoms with Crippen molar-refractivity contribution >= 4 is 23.2 Å². The molecule has 0 spiro atoms. The smallest absolute Gasteiger partial charge is 0.255 e. The van der Waals surface area contributed by atoms with E-state index in [0.717, 1.165) is 23.4 Å². The quantitative estimate of drug-likeness (QED) is 0.891. The van der Waals surface area contributed by atoms with Crippen molar-refractivity contribution in [1.29, 1.82) is 0 Å². The number of carbonyl (C=O) groups is 1. The third-order valence-corrected chi connectivity index (χ3v) is 3.36. The van der Waals surface area contributed by atoms with Crippen LogP contribution in [0.1, 0.15) is 21.5 Å². The zero-order chi connectivity index (χ0) is 16.1. The largest absolute Gasteiger partial charge is 0.326 e. The van der Waals surface area contributed by atoms with Crippen molar-refractivity contribution in [2.75, 3.05) is 19.4 Å². The topological polar surface area (TPSA) is 58.4 Å². The lowest BCUT2D eigenvalue weighted by Crippen LogP contribution is -2.14. The lowest BCUT2D eigenvalue weighted by atomic mass is 10.1. The molecule has 0 aliphatic rings. The molecule has 0 radical (unpaired) electrons. The number of halogens is 1. The van der Waals surface area contributed by atoms with Crippen LogP contribution in [0, 0.1) is 0 Å². The fourth-order valence-corrected chi connectivity index (χ4v) is 2.47. The highest BCUT2D eigenvalue weighted by atomic mass is 35.5. The molecular weight excluding hydrogens is 298 g/mol. The van der Waals surface area contributed by atoms with Crippen LogP contribution in [0.2, 0.25) is 5.02 Å². The predicted octanol–water partition coefficient (Wildman–Crippen LogP) is 3.11. The molecule has 0 aromatic heterocycles. The highest BCUT2D eigenvalue weighted by Gasteiger charge is 2.09. The molecule has 0 aliphatic heterocycles. The van der Waals surface area contributed by atoms with Crippen LogP contribution >= 0.6 is 11.6 Å². The first-order valence-electron chi connectivity index (χ1n) is 7.02. The normalized spacial score (nSPS) is 10.8. The van der Waals surface area contributed by atoms with Crippen molar-refractivity contribution in [3.05, 3.63) is 64.2 Å². The number of nitrogens with two attached hydrogens (primary N) is 1. The maximum Gasteiger partial charge on any atom is 0.255 e. The van der Waals surface area contributed by atoms with Gasteiger partial charge in [0.25, 0.3) is 5.91 Å². The minimum atomic E-state index is -0.184. The molecule has 0 fully saturated rings. The molecule has 3 N–H and O–H groups in total. The Morgan fingerprint density at radius 1 is 1.18 bits per heavy atom. The van der Waals surface area contributed by atoms with Crippen molar-refractivity contribution in [3.63, 3.8) is 0 Å². The van der Waals surface area contributed by atoms with E-state index in [2.05, 4.69) is 5.32 Å². The number of carbonyl (C=O) groups excluding carboxylic acids is 1. The molecule has 0 saturated carbocycles. The molecule has 0 saturated heterocycles. The maximum absolute atomic E-state index is 12.4. The minimum absolute atomic E-state index is 0.184. The second-order valence-corrected chi connectivity index (χ2v) is 5.88. The van der Waals surface area contributed by atoms with Crippen LogP contribution < -0.4 is 11.1 Å². The average molecular weight is 318 g/mol. The highest BCUT2D eigenvalue weighted by molar-refractivity contribution is 6.31. The monoisotopic (exact) mass is 317 g/mol. The number of rotatable bonds is 5. The Bertz CT molecular complexity index is 671. The number of benzene rings is 2. The summed E-state index contributed by atoms with van der Waals surface area (Å²) in [5.41, 5.74) is 8.85. The van der Waals surface area contributed by atoms with Gasteiger partial charge in [-0.25, -0.2) is 0 Å². The van der Waals surface area contributed by atoms with E-state index in [-0.39, 0.29) is 5.91 Å². The first-order valence-corrected chi connectivity index (χ1v) is 7.40. The van der Waals surface area contributed by atoms with Crippen LogP contribution in [0.4, 0.5) is 5.69 Å². The van der Waals surface area contributed by atoms with E-state index in [1.54, 1.807) is 6.07 Å². The summed E-state index contributed by atoms with van der Waals surface area (Å²) >= 11 is 6.11. The van der Waals surface area contributed by atoms with Gasteiger partial charge in [-0.05, 0) is 55.6 Å². The van der Waals surface area contributed by atoms with E-state index >= 15 is 0 Å². The SMILES string of the molecule is CN(C)Cc1cc(Cl)cc(C(=O)Nc2cccc(CN)c2)c1. The Kier molecular flexibility index (Phi) is 5.55. The molecule has 4 nitrogen and oxygen atoms in total. The standard InChI is InChI=1S/C17H20ClN3O/c1-21(2)11-13-6-14(9-15(18)7-13)17(22)20-16-5-3-4-12(8-16)10-19/h3-9H,10-11,19H2,1-2H3,(H,20,22). The van der Waals surface area contributed by atoms with Gasteiger partial charge in [0.1, 0.15) is 0 Å². The van der Waals surface area contributed by atoms with Crippen LogP contribution in [0.25, 0.3) is 0 Å². The molecule has 22 heavy (non-hydrogen) atoms. The number of hydrogen-bond acceptors (Lipinski definition) is 3. The van der Waals surface area contributed by atoms with Gasteiger partial charge >= 0.3 is 0 Å². The first kappa shape index (κ1) is 16.5. The number of amides is 1. The predicted molar refractivity (Wildman–Crippen MR) is 91.1 cm³/mol. The molecule has 2 aromatic carbocycles. The first-order chi connectivity index (χ1) is 10.5. The van der Waals surface area contributed by atoms with Gasteiger partial charge in [0, 0.05) is 29.4 Å². The van der Waals surface area contributed by atoms with Gasteiger partial charge in [0.15, 0.2) is 0 Å². The van der Waals surface area contributed by atoms with E-state index in [1.807, 2.05) is 55.4 Å². The Labute approximate surface area is 135 Å². The average Bonchev–Trinajstić information content (AvgIpc) is 2.46. The van der Waals surface area contributed by atoms with Gasteiger partial charge in [0.2, 0.25) is 0 Å². The molecule has 2 aromatic rings. The molecule has 0 atom stereocenters. The van der Waals surface area contributed by atoms with Gasteiger partial charge in [-0.1, -0.05) is 23.7 Å². The molecule has 116 valence electrons. The number of nitrogens with zero attached hydrogens (tertiary/aromatic N) is 1. The summed E-state index contributed by atoms with van der Waals surface area (Å²) in [5, 5.41) is 3.43. The Hall–Kier alpha value is -1.88. The molecule has 2 rings (SSSR count). The van der Waals surface area contributed by atoms with Crippen LogP contribution in [-0.2, 0) is 13.1 Å². The van der Waals surface area contributed by atoms with Crippen LogP contribution in [-0.4, -0.2) is 24.9 Å². The van der Waals surface area contributed by atoms with Crippen LogP contribution in [0.5, 0.6) is 0 Å². The zero-order valence-corrected chi connectivity index (χ0v) is 13.5. The van der Waals surface area contributed by atoms with Gasteiger partial charge in [-0.15, -0.1) is 0 Å². The summed E-state index contributed by atoms with van der Waals surface area (Å²) in [6.45, 7) is 1.16. The second-order valence-electron chi connectivity index (χ2n) is 5.44. The summed E-state index contributed by atoms with van der Waals surface area (Å²) < 4.78 is 0. The molecule has 0 unspecified atom stereocenters. The van der Waals surface area contributed by atoms with E-state index in [0.29, 0.717) is 17.1 Å². The highest BCUT2D eigenvalue weighted by Crippen LogP contribution is 2.18. The third kappa shape index (κ3) is 4.56. The van der Waals surface area contributed by atoms with E-state index in [1.165, 1.54) is 0 Å². The van der Waals surface area contributed by atoms with Gasteiger partial charge in [-0.2, -0.15) is 0 Å². The number of anilines is 1. The summed E-state index contributed by atoms with van der Waals surface area (Å²) in [6, 6.07) is 12.9. The Morgan fingerprint density at radius 3 is 2.64 bits per heavy atom. The van der Waals surface area contributed by atoms with Gasteiger partial charge in [0.05, 0.1) is 0 Å². The molecule has 5 heteroatoms. The van der Waals surface area contributed by atoms with Crippen molar-refractivity contribution in [1.82, 2.24) is 4.90 Å². The third-order valence-electron chi connectivity index (χ3n) is 3.14. The summed E-state index contributed by atoms with van der Waals surface area (Å²) in [4.78, 5) is 14.4. The Balaban J connectivity index is 2.19. The minimum Gasteiger partial charge on any atom is -0.326 e. The molecule has 0 aliphatic carbocycles. The Morgan fingerprint density at radius 2 is 1.95 bits per heavy atom. The maximum atomic E-state index is 12.4. The molecule has 0 heterocycles. The summed E-state index contributed by atoms with van der Waals surface area (Å²) in [7, 11) is 3.94. The lowest BCUT2D eigenvalue weighted by molar-refractivity contribution is 0.102. The summed E-state index contributed by atoms with van der Waals surface area (Å²) in [5.74, 6) is -0.184. The molecule has 1 amide bonds. The van der Waals surface area contributed by atoms with Crippen molar-refractivity contribution in [2.45, 2.75) is 13.1 Å². The van der Waals surface area contributed by atoms with E-state index < -0.39 is 0 Å².